The van der Waals surface area contributed by atoms with Gasteiger partial charge in [-0.2, -0.15) is 0 Å². The Balaban J connectivity index is 2.20. The molecule has 0 spiro atoms. The highest BCUT2D eigenvalue weighted by molar-refractivity contribution is 5.87. The Morgan fingerprint density at radius 1 is 1.22 bits per heavy atom. The van der Waals surface area contributed by atoms with Gasteiger partial charge >= 0.3 is 0 Å². The number of hydrogen-bond acceptors (Lipinski definition) is 1. The van der Waals surface area contributed by atoms with Gasteiger partial charge in [-0.3, -0.25) is 0 Å². The lowest BCUT2D eigenvalue weighted by atomic mass is 9.97. The Hall–Kier alpha value is -1.28. The summed E-state index contributed by atoms with van der Waals surface area (Å²) in [6.07, 6.45) is 4.82. The number of aryl methyl sites for hydroxylation is 1. The molecule has 1 aromatic heterocycles. The predicted octanol–water partition coefficient (Wildman–Crippen LogP) is 3.71. The van der Waals surface area contributed by atoms with E-state index in [9.17, 15) is 0 Å². The van der Waals surface area contributed by atoms with E-state index in [-0.39, 0.29) is 6.04 Å². The second kappa shape index (κ2) is 4.13. The molecule has 2 N–H and O–H groups in total. The van der Waals surface area contributed by atoms with Crippen LogP contribution in [0.25, 0.3) is 10.9 Å². The average molecular weight is 242 g/mol. The molecule has 1 aliphatic carbocycles. The second-order valence-corrected chi connectivity index (χ2v) is 5.96. The molecule has 2 nitrogen and oxygen atoms in total. The lowest BCUT2D eigenvalue weighted by Crippen LogP contribution is -2.11. The molecule has 1 aromatic carbocycles. The molecule has 2 aromatic rings. The molecule has 1 aliphatic rings. The van der Waals surface area contributed by atoms with Crippen LogP contribution in [0.15, 0.2) is 24.4 Å². The van der Waals surface area contributed by atoms with Crippen LogP contribution < -0.4 is 5.73 Å². The first kappa shape index (κ1) is 11.8. The Morgan fingerprint density at radius 3 is 2.56 bits per heavy atom. The molecule has 0 aliphatic heterocycles. The van der Waals surface area contributed by atoms with Crippen LogP contribution in [0.3, 0.4) is 0 Å². The maximum absolute atomic E-state index is 6.39. The Labute approximate surface area is 109 Å². The van der Waals surface area contributed by atoms with E-state index in [0.29, 0.717) is 11.8 Å². The van der Waals surface area contributed by atoms with Gasteiger partial charge in [-0.1, -0.05) is 32.0 Å². The zero-order chi connectivity index (χ0) is 12.9. The van der Waals surface area contributed by atoms with E-state index < -0.39 is 0 Å². The summed E-state index contributed by atoms with van der Waals surface area (Å²) in [4.78, 5) is 0. The van der Waals surface area contributed by atoms with Gasteiger partial charge in [0.15, 0.2) is 0 Å². The van der Waals surface area contributed by atoms with Crippen LogP contribution in [-0.2, 0) is 7.05 Å². The van der Waals surface area contributed by atoms with Crippen LogP contribution in [0, 0.1) is 5.92 Å². The van der Waals surface area contributed by atoms with Crippen molar-refractivity contribution >= 4 is 10.9 Å². The maximum atomic E-state index is 6.39. The number of fused-ring (bicyclic) bond motifs is 1. The summed E-state index contributed by atoms with van der Waals surface area (Å²) in [7, 11) is 2.14. The smallest absolute Gasteiger partial charge is 0.0516 e. The number of nitrogens with two attached hydrogens (primary N) is 1. The number of aromatic nitrogens is 1. The average Bonchev–Trinajstić information content (AvgIpc) is 3.13. The van der Waals surface area contributed by atoms with E-state index in [2.05, 4.69) is 49.9 Å². The lowest BCUT2D eigenvalue weighted by molar-refractivity contribution is 0.636. The Kier molecular flexibility index (Phi) is 2.70. The van der Waals surface area contributed by atoms with E-state index in [4.69, 9.17) is 5.73 Å². The van der Waals surface area contributed by atoms with Crippen molar-refractivity contribution in [2.45, 2.75) is 38.6 Å². The van der Waals surface area contributed by atoms with Gasteiger partial charge in [-0.15, -0.1) is 0 Å². The maximum Gasteiger partial charge on any atom is 0.0516 e. The molecular formula is C16H22N2. The van der Waals surface area contributed by atoms with Gasteiger partial charge in [0.05, 0.1) is 5.52 Å². The molecule has 2 heteroatoms. The molecule has 96 valence electrons. The highest BCUT2D eigenvalue weighted by Crippen LogP contribution is 2.42. The molecule has 0 radical (unpaired) electrons. The molecule has 0 bridgehead atoms. The number of hydrogen-bond donors (Lipinski definition) is 1. The van der Waals surface area contributed by atoms with Crippen molar-refractivity contribution < 1.29 is 0 Å². The van der Waals surface area contributed by atoms with E-state index >= 15 is 0 Å². The van der Waals surface area contributed by atoms with E-state index in [0.717, 1.165) is 0 Å². The number of benzene rings is 1. The molecule has 1 unspecified atom stereocenters. The largest absolute Gasteiger partial charge is 0.350 e. The van der Waals surface area contributed by atoms with Crippen LogP contribution in [0.2, 0.25) is 0 Å². The quantitative estimate of drug-likeness (QED) is 0.874. The van der Waals surface area contributed by atoms with Gasteiger partial charge in [0.25, 0.3) is 0 Å². The first-order valence-corrected chi connectivity index (χ1v) is 6.93. The minimum absolute atomic E-state index is 0.219. The van der Waals surface area contributed by atoms with Gasteiger partial charge in [0.2, 0.25) is 0 Å². The summed E-state index contributed by atoms with van der Waals surface area (Å²) in [5.74, 6) is 1.26. The van der Waals surface area contributed by atoms with Crippen molar-refractivity contribution in [3.05, 3.63) is 35.5 Å². The SMILES string of the molecule is CC(C)c1cccc2c(C(N)C3CC3)cn(C)c12. The van der Waals surface area contributed by atoms with E-state index in [1.54, 1.807) is 0 Å². The summed E-state index contributed by atoms with van der Waals surface area (Å²) < 4.78 is 2.25. The Bertz CT molecular complexity index is 576. The third-order valence-corrected chi connectivity index (χ3v) is 4.17. The van der Waals surface area contributed by atoms with Crippen molar-refractivity contribution in [1.82, 2.24) is 4.57 Å². The number of para-hydroxylation sites is 1. The summed E-state index contributed by atoms with van der Waals surface area (Å²) >= 11 is 0. The fraction of sp³-hybridized carbons (Fsp3) is 0.500. The number of nitrogens with zero attached hydrogens (tertiary/aromatic N) is 1. The molecule has 0 amide bonds. The summed E-state index contributed by atoms with van der Waals surface area (Å²) in [6, 6.07) is 6.84. The second-order valence-electron chi connectivity index (χ2n) is 5.96. The fourth-order valence-electron chi connectivity index (χ4n) is 2.97. The molecule has 1 atom stereocenters. The third kappa shape index (κ3) is 1.76. The highest BCUT2D eigenvalue weighted by Gasteiger charge is 2.31. The van der Waals surface area contributed by atoms with Crippen molar-refractivity contribution in [3.63, 3.8) is 0 Å². The molecule has 1 heterocycles. The monoisotopic (exact) mass is 242 g/mol. The van der Waals surface area contributed by atoms with Gasteiger partial charge in [-0.25, -0.2) is 0 Å². The number of rotatable bonds is 3. The normalized spacial score (nSPS) is 17.6. The van der Waals surface area contributed by atoms with Crippen molar-refractivity contribution in [2.24, 2.45) is 18.7 Å². The minimum Gasteiger partial charge on any atom is -0.350 e. The van der Waals surface area contributed by atoms with Gasteiger partial charge in [0, 0.05) is 24.7 Å². The lowest BCUT2D eigenvalue weighted by Gasteiger charge is -2.11. The van der Waals surface area contributed by atoms with Crippen molar-refractivity contribution in [3.8, 4) is 0 Å². The molecular weight excluding hydrogens is 220 g/mol. The zero-order valence-electron chi connectivity index (χ0n) is 11.5. The van der Waals surface area contributed by atoms with E-state index in [1.807, 2.05) is 0 Å². The fourth-order valence-corrected chi connectivity index (χ4v) is 2.97. The Morgan fingerprint density at radius 2 is 1.94 bits per heavy atom. The predicted molar refractivity (Wildman–Crippen MR) is 76.7 cm³/mol. The third-order valence-electron chi connectivity index (χ3n) is 4.17. The first-order valence-electron chi connectivity index (χ1n) is 6.93. The van der Waals surface area contributed by atoms with E-state index in [1.165, 1.54) is 34.9 Å². The van der Waals surface area contributed by atoms with Crippen LogP contribution >= 0.6 is 0 Å². The molecule has 18 heavy (non-hydrogen) atoms. The van der Waals surface area contributed by atoms with Gasteiger partial charge < -0.3 is 10.3 Å². The van der Waals surface area contributed by atoms with Crippen LogP contribution in [0.5, 0.6) is 0 Å². The molecule has 0 saturated heterocycles. The van der Waals surface area contributed by atoms with Crippen molar-refractivity contribution in [2.75, 3.05) is 0 Å². The van der Waals surface area contributed by atoms with Gasteiger partial charge in [-0.05, 0) is 35.8 Å². The van der Waals surface area contributed by atoms with Crippen LogP contribution in [0.1, 0.15) is 49.8 Å². The molecule has 3 rings (SSSR count). The topological polar surface area (TPSA) is 30.9 Å². The molecule has 1 fully saturated rings. The standard InChI is InChI=1S/C16H22N2/c1-10(2)12-5-4-6-13-14(9-18(3)16(12)13)15(17)11-7-8-11/h4-6,9-11,15H,7-8,17H2,1-3H3. The van der Waals surface area contributed by atoms with Crippen molar-refractivity contribution in [1.29, 1.82) is 0 Å². The minimum atomic E-state index is 0.219. The summed E-state index contributed by atoms with van der Waals surface area (Å²) in [5, 5.41) is 1.35. The van der Waals surface area contributed by atoms with Crippen LogP contribution in [-0.4, -0.2) is 4.57 Å². The van der Waals surface area contributed by atoms with Gasteiger partial charge in [0.1, 0.15) is 0 Å². The molecule has 1 saturated carbocycles. The zero-order valence-corrected chi connectivity index (χ0v) is 11.5. The van der Waals surface area contributed by atoms with Crippen LogP contribution in [0.4, 0.5) is 0 Å². The summed E-state index contributed by atoms with van der Waals surface area (Å²) in [5.41, 5.74) is 10.5. The first-order chi connectivity index (χ1) is 8.59. The highest BCUT2D eigenvalue weighted by atomic mass is 14.9. The summed E-state index contributed by atoms with van der Waals surface area (Å²) in [6.45, 7) is 4.50.